The molecule has 7 heteroatoms. The normalized spacial score (nSPS) is 13.3. The molecule has 6 nitrogen and oxygen atoms in total. The van der Waals surface area contributed by atoms with Gasteiger partial charge in [-0.25, -0.2) is 0 Å². The number of carbonyl (C=O) groups is 2. The van der Waals surface area contributed by atoms with Crippen LogP contribution in [0.25, 0.3) is 0 Å². The highest BCUT2D eigenvalue weighted by Crippen LogP contribution is 2.40. The van der Waals surface area contributed by atoms with Crippen LogP contribution in [0, 0.1) is 0 Å². The molecule has 1 aliphatic heterocycles. The number of anilines is 1. The first-order chi connectivity index (χ1) is 11.5. The van der Waals surface area contributed by atoms with Gasteiger partial charge in [-0.1, -0.05) is 11.6 Å². The summed E-state index contributed by atoms with van der Waals surface area (Å²) in [6, 6.07) is 6.50. The number of nitrogens with zero attached hydrogens (tertiary/aromatic N) is 2. The fourth-order valence-corrected chi connectivity index (χ4v) is 3.07. The van der Waals surface area contributed by atoms with E-state index in [1.165, 1.54) is 18.3 Å². The Labute approximate surface area is 144 Å². The molecule has 0 saturated carbocycles. The summed E-state index contributed by atoms with van der Waals surface area (Å²) in [6.07, 6.45) is 2.88. The van der Waals surface area contributed by atoms with E-state index in [4.69, 9.17) is 22.1 Å². The van der Waals surface area contributed by atoms with E-state index in [1.807, 2.05) is 0 Å². The monoisotopic (exact) mass is 345 g/mol. The van der Waals surface area contributed by atoms with Gasteiger partial charge in [0.2, 0.25) is 5.91 Å². The SMILES string of the molecule is COc1ccc(Cl)c2c1N(C(=O)c1ccc(C(N)=O)cn1)CCC2. The van der Waals surface area contributed by atoms with Gasteiger partial charge in [-0.05, 0) is 42.7 Å². The molecule has 0 bridgehead atoms. The zero-order valence-corrected chi connectivity index (χ0v) is 13.8. The molecule has 0 atom stereocenters. The smallest absolute Gasteiger partial charge is 0.276 e. The van der Waals surface area contributed by atoms with Gasteiger partial charge in [0.15, 0.2) is 0 Å². The van der Waals surface area contributed by atoms with E-state index >= 15 is 0 Å². The van der Waals surface area contributed by atoms with Gasteiger partial charge in [0.25, 0.3) is 5.91 Å². The Balaban J connectivity index is 2.01. The number of nitrogens with two attached hydrogens (primary N) is 1. The summed E-state index contributed by atoms with van der Waals surface area (Å²) in [5, 5.41) is 0.611. The molecule has 0 unspecified atom stereocenters. The lowest BCUT2D eigenvalue weighted by Crippen LogP contribution is -2.36. The van der Waals surface area contributed by atoms with Crippen LogP contribution in [0.15, 0.2) is 30.5 Å². The lowest BCUT2D eigenvalue weighted by Gasteiger charge is -2.31. The third kappa shape index (κ3) is 2.80. The quantitative estimate of drug-likeness (QED) is 0.925. The minimum absolute atomic E-state index is 0.231. The average molecular weight is 346 g/mol. The number of halogens is 1. The minimum atomic E-state index is -0.585. The van der Waals surface area contributed by atoms with Crippen LogP contribution < -0.4 is 15.4 Å². The van der Waals surface area contributed by atoms with Crippen molar-refractivity contribution in [2.45, 2.75) is 12.8 Å². The zero-order chi connectivity index (χ0) is 17.3. The molecule has 3 rings (SSSR count). The molecule has 1 aromatic heterocycles. The maximum Gasteiger partial charge on any atom is 0.276 e. The molecule has 0 fully saturated rings. The first-order valence-corrected chi connectivity index (χ1v) is 7.84. The molecule has 124 valence electrons. The molecular weight excluding hydrogens is 330 g/mol. The van der Waals surface area contributed by atoms with E-state index in [9.17, 15) is 9.59 Å². The summed E-state index contributed by atoms with van der Waals surface area (Å²) in [4.78, 5) is 29.7. The maximum atomic E-state index is 12.9. The fourth-order valence-electron chi connectivity index (χ4n) is 2.82. The van der Waals surface area contributed by atoms with E-state index in [-0.39, 0.29) is 17.2 Å². The summed E-state index contributed by atoms with van der Waals surface area (Å²) in [6.45, 7) is 0.543. The maximum absolute atomic E-state index is 12.9. The molecule has 1 aliphatic rings. The van der Waals surface area contributed by atoms with Gasteiger partial charge in [0.1, 0.15) is 11.4 Å². The summed E-state index contributed by atoms with van der Waals surface area (Å²) >= 11 is 6.28. The molecule has 0 saturated heterocycles. The number of benzene rings is 1. The fraction of sp³-hybridized carbons (Fsp3) is 0.235. The van der Waals surface area contributed by atoms with Gasteiger partial charge in [-0.3, -0.25) is 14.6 Å². The van der Waals surface area contributed by atoms with E-state index < -0.39 is 5.91 Å². The van der Waals surface area contributed by atoms with E-state index in [1.54, 1.807) is 24.1 Å². The van der Waals surface area contributed by atoms with Crippen LogP contribution >= 0.6 is 11.6 Å². The van der Waals surface area contributed by atoms with Crippen LogP contribution in [0.2, 0.25) is 5.02 Å². The number of hydrogen-bond acceptors (Lipinski definition) is 4. The van der Waals surface area contributed by atoms with Gasteiger partial charge in [-0.2, -0.15) is 0 Å². The first-order valence-electron chi connectivity index (χ1n) is 7.46. The molecule has 2 amide bonds. The second kappa shape index (κ2) is 6.49. The largest absolute Gasteiger partial charge is 0.495 e. The molecule has 0 radical (unpaired) electrons. The van der Waals surface area contributed by atoms with Crippen molar-refractivity contribution in [2.24, 2.45) is 5.73 Å². The van der Waals surface area contributed by atoms with Gasteiger partial charge in [-0.15, -0.1) is 0 Å². The highest BCUT2D eigenvalue weighted by molar-refractivity contribution is 6.32. The average Bonchev–Trinajstić information content (AvgIpc) is 2.61. The van der Waals surface area contributed by atoms with Crippen LogP contribution in [0.4, 0.5) is 5.69 Å². The summed E-state index contributed by atoms with van der Waals surface area (Å²) in [5.41, 5.74) is 7.26. The lowest BCUT2D eigenvalue weighted by atomic mass is 10.00. The van der Waals surface area contributed by atoms with E-state index in [2.05, 4.69) is 4.98 Å². The van der Waals surface area contributed by atoms with Crippen molar-refractivity contribution in [3.63, 3.8) is 0 Å². The molecule has 2 heterocycles. The van der Waals surface area contributed by atoms with Gasteiger partial charge >= 0.3 is 0 Å². The van der Waals surface area contributed by atoms with Gasteiger partial charge in [0.05, 0.1) is 18.4 Å². The lowest BCUT2D eigenvalue weighted by molar-refractivity contribution is 0.0973. The number of fused-ring (bicyclic) bond motifs is 1. The molecule has 0 spiro atoms. The molecule has 2 N–H and O–H groups in total. The predicted octanol–water partition coefficient (Wildman–Crippen LogP) is 2.44. The highest BCUT2D eigenvalue weighted by Gasteiger charge is 2.29. The Morgan fingerprint density at radius 3 is 2.71 bits per heavy atom. The number of aromatic nitrogens is 1. The minimum Gasteiger partial charge on any atom is -0.495 e. The van der Waals surface area contributed by atoms with Gasteiger partial charge in [0, 0.05) is 17.8 Å². The van der Waals surface area contributed by atoms with Crippen LogP contribution in [-0.4, -0.2) is 30.5 Å². The molecule has 0 aliphatic carbocycles. The van der Waals surface area contributed by atoms with Crippen molar-refractivity contribution in [2.75, 3.05) is 18.6 Å². The second-order valence-corrected chi connectivity index (χ2v) is 5.84. The number of pyridine rings is 1. The summed E-state index contributed by atoms with van der Waals surface area (Å²) in [5.74, 6) is -0.262. The summed E-state index contributed by atoms with van der Waals surface area (Å²) in [7, 11) is 1.56. The van der Waals surface area contributed by atoms with Crippen molar-refractivity contribution < 1.29 is 14.3 Å². The third-order valence-corrected chi connectivity index (χ3v) is 4.35. The summed E-state index contributed by atoms with van der Waals surface area (Å²) < 4.78 is 5.40. The first kappa shape index (κ1) is 16.3. The molecule has 1 aromatic carbocycles. The zero-order valence-electron chi connectivity index (χ0n) is 13.1. The topological polar surface area (TPSA) is 85.5 Å². The van der Waals surface area contributed by atoms with E-state index in [0.29, 0.717) is 23.0 Å². The Bertz CT molecular complexity index is 805. The van der Waals surface area contributed by atoms with Crippen LogP contribution in [-0.2, 0) is 6.42 Å². The van der Waals surface area contributed by atoms with Gasteiger partial charge < -0.3 is 15.4 Å². The number of ether oxygens (including phenoxy) is 1. The standard InChI is InChI=1S/C17H16ClN3O3/c1-24-14-7-5-12(18)11-3-2-8-21(15(11)14)17(23)13-6-4-10(9-20-13)16(19)22/h4-7,9H,2-3,8H2,1H3,(H2,19,22). The Hall–Kier alpha value is -2.60. The van der Waals surface area contributed by atoms with Crippen LogP contribution in [0.1, 0.15) is 32.8 Å². The van der Waals surface area contributed by atoms with Crippen molar-refractivity contribution in [1.82, 2.24) is 4.98 Å². The Morgan fingerprint density at radius 1 is 1.29 bits per heavy atom. The number of primary amides is 1. The van der Waals surface area contributed by atoms with Crippen molar-refractivity contribution >= 4 is 29.1 Å². The Morgan fingerprint density at radius 2 is 2.08 bits per heavy atom. The number of methoxy groups -OCH3 is 1. The number of rotatable bonds is 3. The van der Waals surface area contributed by atoms with Crippen molar-refractivity contribution in [1.29, 1.82) is 0 Å². The number of amides is 2. The molecule has 2 aromatic rings. The molecular formula is C17H16ClN3O3. The predicted molar refractivity (Wildman–Crippen MR) is 90.8 cm³/mol. The third-order valence-electron chi connectivity index (χ3n) is 4.00. The number of carbonyl (C=O) groups excluding carboxylic acids is 2. The van der Waals surface area contributed by atoms with E-state index in [0.717, 1.165) is 18.4 Å². The van der Waals surface area contributed by atoms with Crippen molar-refractivity contribution in [3.05, 3.63) is 52.3 Å². The Kier molecular flexibility index (Phi) is 4.40. The van der Waals surface area contributed by atoms with Crippen molar-refractivity contribution in [3.8, 4) is 5.75 Å². The number of hydrogen-bond donors (Lipinski definition) is 1. The van der Waals surface area contributed by atoms with Crippen LogP contribution in [0.3, 0.4) is 0 Å². The second-order valence-electron chi connectivity index (χ2n) is 5.43. The highest BCUT2D eigenvalue weighted by atomic mass is 35.5. The van der Waals surface area contributed by atoms with Crippen LogP contribution in [0.5, 0.6) is 5.75 Å². The molecule has 24 heavy (non-hydrogen) atoms.